The van der Waals surface area contributed by atoms with E-state index in [-0.39, 0.29) is 27.7 Å². The van der Waals surface area contributed by atoms with Gasteiger partial charge in [-0.1, -0.05) is 6.08 Å². The van der Waals surface area contributed by atoms with Crippen LogP contribution in [0.15, 0.2) is 35.6 Å². The molecule has 28 heavy (non-hydrogen) atoms. The monoisotopic (exact) mass is 421 g/mol. The number of aromatic amines is 1. The van der Waals surface area contributed by atoms with E-state index in [1.807, 2.05) is 0 Å². The van der Waals surface area contributed by atoms with E-state index in [1.165, 1.54) is 4.57 Å². The summed E-state index contributed by atoms with van der Waals surface area (Å²) in [5.74, 6) is 0.553. The number of carbonyl (C=O) groups excluding carboxylic acids is 1. The Morgan fingerprint density at radius 2 is 2.07 bits per heavy atom. The molecule has 0 radical (unpaired) electrons. The molecule has 1 fully saturated rings. The third-order valence-corrected chi connectivity index (χ3v) is 7.11. The van der Waals surface area contributed by atoms with Gasteiger partial charge >= 0.3 is 0 Å². The van der Waals surface area contributed by atoms with Crippen molar-refractivity contribution in [3.8, 4) is 0 Å². The van der Waals surface area contributed by atoms with Gasteiger partial charge in [0.05, 0.1) is 22.4 Å². The zero-order chi connectivity index (χ0) is 20.3. The molecule has 0 atom stereocenters. The first-order valence-corrected chi connectivity index (χ1v) is 11.4. The molecule has 1 aliphatic heterocycles. The van der Waals surface area contributed by atoms with Gasteiger partial charge in [-0.25, -0.2) is 8.42 Å². The van der Waals surface area contributed by atoms with Crippen molar-refractivity contribution in [3.05, 3.63) is 51.5 Å². The summed E-state index contributed by atoms with van der Waals surface area (Å²) >= 11 is 5.22. The number of sulfone groups is 1. The van der Waals surface area contributed by atoms with Crippen molar-refractivity contribution < 1.29 is 13.2 Å². The van der Waals surface area contributed by atoms with E-state index in [4.69, 9.17) is 12.2 Å². The number of fused-ring (bicyclic) bond motifs is 1. The molecule has 0 saturated carbocycles. The third kappa shape index (κ3) is 4.59. The summed E-state index contributed by atoms with van der Waals surface area (Å²) < 4.78 is 24.6. The predicted octanol–water partition coefficient (Wildman–Crippen LogP) is 2.19. The Bertz CT molecular complexity index is 1120. The summed E-state index contributed by atoms with van der Waals surface area (Å²) in [6.45, 7) is 4.42. The highest BCUT2D eigenvalue weighted by atomic mass is 32.2. The van der Waals surface area contributed by atoms with E-state index >= 15 is 0 Å². The van der Waals surface area contributed by atoms with Crippen LogP contribution in [0.5, 0.6) is 0 Å². The van der Waals surface area contributed by atoms with E-state index in [0.717, 1.165) is 6.42 Å². The number of nitrogens with zero attached hydrogens (tertiary/aromatic N) is 1. The number of amides is 1. The molecule has 1 aliphatic rings. The molecule has 3 rings (SSSR count). The number of nitrogens with one attached hydrogen (secondary N) is 2. The van der Waals surface area contributed by atoms with E-state index in [0.29, 0.717) is 48.3 Å². The molecular formula is C19H23N3O4S2. The average Bonchev–Trinajstić information content (AvgIpc) is 2.66. The number of rotatable bonds is 6. The van der Waals surface area contributed by atoms with Crippen molar-refractivity contribution in [1.82, 2.24) is 14.9 Å². The minimum absolute atomic E-state index is 0.224. The number of hydrogen-bond acceptors (Lipinski definition) is 5. The van der Waals surface area contributed by atoms with Gasteiger partial charge in [-0.05, 0) is 55.6 Å². The standard InChI is InChI=1S/C19H23N3O4S2/c1-2-9-22-18(24)15-4-3-14(12-16(15)21-19(22)27)17(23)20-8-5-13-6-10-28(25,26)11-7-13/h2-4,12-13H,1,5-11H2,(H,20,23)(H,21,27). The molecule has 2 N–H and O–H groups in total. The quantitative estimate of drug-likeness (QED) is 0.550. The molecule has 0 bridgehead atoms. The first kappa shape index (κ1) is 20.5. The van der Waals surface area contributed by atoms with Crippen molar-refractivity contribution in [2.75, 3.05) is 18.1 Å². The van der Waals surface area contributed by atoms with E-state index < -0.39 is 9.84 Å². The first-order valence-electron chi connectivity index (χ1n) is 9.17. The van der Waals surface area contributed by atoms with Crippen LogP contribution in [0.25, 0.3) is 10.9 Å². The fourth-order valence-corrected chi connectivity index (χ4v) is 5.27. The lowest BCUT2D eigenvalue weighted by Gasteiger charge is -2.21. The van der Waals surface area contributed by atoms with Crippen molar-refractivity contribution in [2.45, 2.75) is 25.8 Å². The highest BCUT2D eigenvalue weighted by Gasteiger charge is 2.23. The summed E-state index contributed by atoms with van der Waals surface area (Å²) in [6, 6.07) is 4.85. The lowest BCUT2D eigenvalue weighted by molar-refractivity contribution is 0.0951. The molecule has 0 spiro atoms. The summed E-state index contributed by atoms with van der Waals surface area (Å²) in [5.41, 5.74) is 0.726. The van der Waals surface area contributed by atoms with Gasteiger partial charge in [0, 0.05) is 18.7 Å². The minimum atomic E-state index is -2.87. The molecule has 1 aromatic heterocycles. The summed E-state index contributed by atoms with van der Waals surface area (Å²) in [4.78, 5) is 27.9. The van der Waals surface area contributed by atoms with Crippen LogP contribution >= 0.6 is 12.2 Å². The Morgan fingerprint density at radius 3 is 2.75 bits per heavy atom. The topological polar surface area (TPSA) is 101 Å². The Hall–Kier alpha value is -2.26. The van der Waals surface area contributed by atoms with E-state index in [9.17, 15) is 18.0 Å². The van der Waals surface area contributed by atoms with Crippen LogP contribution in [-0.2, 0) is 16.4 Å². The van der Waals surface area contributed by atoms with E-state index in [2.05, 4.69) is 16.9 Å². The van der Waals surface area contributed by atoms with Gasteiger partial charge in [-0.3, -0.25) is 14.2 Å². The highest BCUT2D eigenvalue weighted by Crippen LogP contribution is 2.21. The maximum absolute atomic E-state index is 12.5. The van der Waals surface area contributed by atoms with Gasteiger partial charge < -0.3 is 10.3 Å². The van der Waals surface area contributed by atoms with Crippen molar-refractivity contribution >= 4 is 38.9 Å². The molecule has 150 valence electrons. The number of H-pyrrole nitrogens is 1. The third-order valence-electron chi connectivity index (χ3n) is 5.07. The lowest BCUT2D eigenvalue weighted by Crippen LogP contribution is -2.29. The van der Waals surface area contributed by atoms with Crippen LogP contribution in [0.2, 0.25) is 0 Å². The largest absolute Gasteiger partial charge is 0.352 e. The maximum Gasteiger partial charge on any atom is 0.262 e. The van der Waals surface area contributed by atoms with Gasteiger partial charge in [0.1, 0.15) is 9.84 Å². The zero-order valence-electron chi connectivity index (χ0n) is 15.4. The van der Waals surface area contributed by atoms with Crippen molar-refractivity contribution in [1.29, 1.82) is 0 Å². The second-order valence-corrected chi connectivity index (χ2v) is 9.73. The number of allylic oxidation sites excluding steroid dienone is 1. The molecule has 0 unspecified atom stereocenters. The molecule has 1 aromatic carbocycles. The maximum atomic E-state index is 12.5. The minimum Gasteiger partial charge on any atom is -0.352 e. The molecule has 2 aromatic rings. The molecule has 1 saturated heterocycles. The second-order valence-electron chi connectivity index (χ2n) is 7.03. The zero-order valence-corrected chi connectivity index (χ0v) is 17.1. The number of benzene rings is 1. The highest BCUT2D eigenvalue weighted by molar-refractivity contribution is 7.91. The Balaban J connectivity index is 1.67. The Kier molecular flexibility index (Phi) is 6.14. The number of carbonyl (C=O) groups is 1. The molecule has 1 amide bonds. The van der Waals surface area contributed by atoms with Crippen LogP contribution in [0.1, 0.15) is 29.6 Å². The van der Waals surface area contributed by atoms with Crippen molar-refractivity contribution in [2.24, 2.45) is 5.92 Å². The fraction of sp³-hybridized carbons (Fsp3) is 0.421. The van der Waals surface area contributed by atoms with Gasteiger partial charge in [0.25, 0.3) is 11.5 Å². The van der Waals surface area contributed by atoms with Gasteiger partial charge in [0.2, 0.25) is 0 Å². The van der Waals surface area contributed by atoms with E-state index in [1.54, 1.807) is 24.3 Å². The molecular weight excluding hydrogens is 398 g/mol. The van der Waals surface area contributed by atoms with Gasteiger partial charge in [-0.15, -0.1) is 6.58 Å². The molecule has 0 aliphatic carbocycles. The smallest absolute Gasteiger partial charge is 0.262 e. The van der Waals surface area contributed by atoms with Crippen LogP contribution in [0, 0.1) is 10.7 Å². The number of hydrogen-bond donors (Lipinski definition) is 2. The lowest BCUT2D eigenvalue weighted by atomic mass is 9.99. The van der Waals surface area contributed by atoms with Crippen LogP contribution < -0.4 is 10.9 Å². The summed E-state index contributed by atoms with van der Waals surface area (Å²) in [5, 5.41) is 3.32. The molecule has 2 heterocycles. The normalized spacial score (nSPS) is 16.7. The van der Waals surface area contributed by atoms with Crippen molar-refractivity contribution in [3.63, 3.8) is 0 Å². The predicted molar refractivity (Wildman–Crippen MR) is 112 cm³/mol. The van der Waals surface area contributed by atoms with Gasteiger partial charge in [0.15, 0.2) is 4.77 Å². The second kappa shape index (κ2) is 8.40. The SMILES string of the molecule is C=CCn1c(=S)[nH]c2cc(C(=O)NCCC3CCS(=O)(=O)CC3)ccc2c1=O. The Morgan fingerprint density at radius 1 is 1.36 bits per heavy atom. The van der Waals surface area contributed by atoms with Crippen LogP contribution in [-0.4, -0.2) is 41.9 Å². The van der Waals surface area contributed by atoms with Crippen LogP contribution in [0.3, 0.4) is 0 Å². The Labute approximate surface area is 168 Å². The average molecular weight is 422 g/mol. The molecule has 9 heteroatoms. The summed E-state index contributed by atoms with van der Waals surface area (Å²) in [7, 11) is -2.87. The fourth-order valence-electron chi connectivity index (χ4n) is 3.41. The van der Waals surface area contributed by atoms with Crippen LogP contribution in [0.4, 0.5) is 0 Å². The molecule has 7 nitrogen and oxygen atoms in total. The number of aromatic nitrogens is 2. The van der Waals surface area contributed by atoms with Gasteiger partial charge in [-0.2, -0.15) is 0 Å². The summed E-state index contributed by atoms with van der Waals surface area (Å²) in [6.07, 6.45) is 3.66. The first-order chi connectivity index (χ1) is 13.3.